The summed E-state index contributed by atoms with van der Waals surface area (Å²) >= 11 is 1.70. The number of benzene rings is 1. The first-order valence-corrected chi connectivity index (χ1v) is 6.65. The summed E-state index contributed by atoms with van der Waals surface area (Å²) in [6, 6.07) is 3.28. The van der Waals surface area contributed by atoms with Crippen LogP contribution in [0.5, 0.6) is 0 Å². The van der Waals surface area contributed by atoms with Crippen LogP contribution in [-0.2, 0) is 0 Å². The number of aliphatic hydroxyl groups excluding tert-OH is 1. The topological polar surface area (TPSA) is 20.2 Å². The van der Waals surface area contributed by atoms with Gasteiger partial charge in [-0.05, 0) is 49.3 Å². The third-order valence-electron chi connectivity index (χ3n) is 2.50. The highest BCUT2D eigenvalue weighted by Gasteiger charge is 2.11. The molecule has 0 aromatic heterocycles. The summed E-state index contributed by atoms with van der Waals surface area (Å²) in [4.78, 5) is 1.00. The van der Waals surface area contributed by atoms with E-state index in [0.29, 0.717) is 11.1 Å². The minimum absolute atomic E-state index is 0.240. The Morgan fingerprint density at radius 1 is 1.44 bits per heavy atom. The van der Waals surface area contributed by atoms with Gasteiger partial charge in [-0.3, -0.25) is 0 Å². The molecule has 1 aromatic rings. The second-order valence-electron chi connectivity index (χ2n) is 4.02. The van der Waals surface area contributed by atoms with Gasteiger partial charge in [0.2, 0.25) is 0 Å². The molecule has 1 atom stereocenters. The van der Waals surface area contributed by atoms with Crippen molar-refractivity contribution in [2.45, 2.75) is 44.6 Å². The molecule has 3 heteroatoms. The van der Waals surface area contributed by atoms with Crippen molar-refractivity contribution in [3.05, 3.63) is 29.1 Å². The minimum atomic E-state index is -0.612. The number of hydrogen-bond donors (Lipinski definition) is 1. The smallest absolute Gasteiger partial charge is 0.126 e. The number of hydrogen-bond acceptors (Lipinski definition) is 2. The molecule has 0 aliphatic carbocycles. The van der Waals surface area contributed by atoms with Crippen molar-refractivity contribution in [2.24, 2.45) is 0 Å². The van der Waals surface area contributed by atoms with Crippen molar-refractivity contribution in [2.75, 3.05) is 5.75 Å². The van der Waals surface area contributed by atoms with Crippen LogP contribution in [0.4, 0.5) is 4.39 Å². The van der Waals surface area contributed by atoms with E-state index in [4.69, 9.17) is 0 Å². The van der Waals surface area contributed by atoms with E-state index in [-0.39, 0.29) is 5.82 Å². The van der Waals surface area contributed by atoms with Crippen molar-refractivity contribution in [3.63, 3.8) is 0 Å². The molecule has 0 saturated carbocycles. The molecule has 1 N–H and O–H groups in total. The van der Waals surface area contributed by atoms with E-state index < -0.39 is 6.10 Å². The van der Waals surface area contributed by atoms with E-state index in [9.17, 15) is 9.50 Å². The maximum absolute atomic E-state index is 13.4. The molecule has 1 aromatic carbocycles. The van der Waals surface area contributed by atoms with Gasteiger partial charge in [0.1, 0.15) is 5.82 Å². The lowest BCUT2D eigenvalue weighted by molar-refractivity contribution is 0.196. The van der Waals surface area contributed by atoms with Crippen LogP contribution in [0.2, 0.25) is 0 Å². The number of unbranched alkanes of at least 4 members (excludes halogenated alkanes) is 1. The van der Waals surface area contributed by atoms with E-state index in [1.54, 1.807) is 25.6 Å². The van der Waals surface area contributed by atoms with Gasteiger partial charge in [-0.1, -0.05) is 13.3 Å². The second kappa shape index (κ2) is 6.26. The molecule has 90 valence electrons. The van der Waals surface area contributed by atoms with Gasteiger partial charge in [0.25, 0.3) is 0 Å². The van der Waals surface area contributed by atoms with Crippen molar-refractivity contribution in [3.8, 4) is 0 Å². The van der Waals surface area contributed by atoms with Gasteiger partial charge in [0, 0.05) is 4.90 Å². The Labute approximate surface area is 101 Å². The highest BCUT2D eigenvalue weighted by atomic mass is 32.2. The van der Waals surface area contributed by atoms with Crippen LogP contribution < -0.4 is 0 Å². The molecule has 0 bridgehead atoms. The fourth-order valence-electron chi connectivity index (χ4n) is 1.45. The summed E-state index contributed by atoms with van der Waals surface area (Å²) in [7, 11) is 0. The molecular weight excluding hydrogens is 223 g/mol. The standard InChI is InChI=1S/C13H19FOS/c1-4-5-6-16-13-7-9(2)12(14)8-11(13)10(3)15/h7-8,10,15H,4-6H2,1-3H3/t10-/m1/s1. The van der Waals surface area contributed by atoms with E-state index >= 15 is 0 Å². The van der Waals surface area contributed by atoms with Gasteiger partial charge >= 0.3 is 0 Å². The monoisotopic (exact) mass is 242 g/mol. The van der Waals surface area contributed by atoms with Crippen LogP contribution in [0.3, 0.4) is 0 Å². The summed E-state index contributed by atoms with van der Waals surface area (Å²) in [5.74, 6) is 0.775. The van der Waals surface area contributed by atoms with Crippen molar-refractivity contribution in [1.29, 1.82) is 0 Å². The normalized spacial score (nSPS) is 12.8. The number of aliphatic hydroxyl groups is 1. The Balaban J connectivity index is 2.91. The predicted molar refractivity (Wildman–Crippen MR) is 67.4 cm³/mol. The maximum Gasteiger partial charge on any atom is 0.126 e. The third-order valence-corrected chi connectivity index (χ3v) is 3.65. The first-order chi connectivity index (χ1) is 7.56. The van der Waals surface area contributed by atoms with Crippen LogP contribution in [0.25, 0.3) is 0 Å². The summed E-state index contributed by atoms with van der Waals surface area (Å²) in [6.07, 6.45) is 1.68. The quantitative estimate of drug-likeness (QED) is 0.620. The molecular formula is C13H19FOS. The van der Waals surface area contributed by atoms with Crippen molar-refractivity contribution >= 4 is 11.8 Å². The fourth-order valence-corrected chi connectivity index (χ4v) is 2.76. The Hall–Kier alpha value is -0.540. The molecule has 0 saturated heterocycles. The van der Waals surface area contributed by atoms with Crippen molar-refractivity contribution in [1.82, 2.24) is 0 Å². The summed E-state index contributed by atoms with van der Waals surface area (Å²) in [6.45, 7) is 5.57. The fraction of sp³-hybridized carbons (Fsp3) is 0.538. The summed E-state index contributed by atoms with van der Waals surface area (Å²) < 4.78 is 13.4. The lowest BCUT2D eigenvalue weighted by atomic mass is 10.1. The lowest BCUT2D eigenvalue weighted by Crippen LogP contribution is -1.98. The van der Waals surface area contributed by atoms with E-state index in [1.807, 2.05) is 6.07 Å². The Bertz CT molecular complexity index is 350. The first kappa shape index (κ1) is 13.5. The SMILES string of the molecule is CCCCSc1cc(C)c(F)cc1[C@@H](C)O. The van der Waals surface area contributed by atoms with Crippen LogP contribution >= 0.6 is 11.8 Å². The summed E-state index contributed by atoms with van der Waals surface area (Å²) in [5, 5.41) is 9.60. The van der Waals surface area contributed by atoms with Gasteiger partial charge in [0.05, 0.1) is 6.10 Å². The molecule has 0 unspecified atom stereocenters. The molecule has 0 aliphatic heterocycles. The van der Waals surface area contributed by atoms with Gasteiger partial charge in [0.15, 0.2) is 0 Å². The number of aryl methyl sites for hydroxylation is 1. The molecule has 0 amide bonds. The third kappa shape index (κ3) is 3.49. The predicted octanol–water partition coefficient (Wildman–Crippen LogP) is 4.08. The van der Waals surface area contributed by atoms with E-state index in [0.717, 1.165) is 23.5 Å². The minimum Gasteiger partial charge on any atom is -0.389 e. The molecule has 0 heterocycles. The zero-order chi connectivity index (χ0) is 12.1. The number of halogens is 1. The zero-order valence-corrected chi connectivity index (χ0v) is 10.9. The Morgan fingerprint density at radius 2 is 2.12 bits per heavy atom. The van der Waals surface area contributed by atoms with Crippen molar-refractivity contribution < 1.29 is 9.50 Å². The molecule has 1 nitrogen and oxygen atoms in total. The Kier molecular flexibility index (Phi) is 5.29. The molecule has 0 aliphatic rings. The molecule has 0 radical (unpaired) electrons. The van der Waals surface area contributed by atoms with Crippen LogP contribution in [0, 0.1) is 12.7 Å². The number of thioether (sulfide) groups is 1. The molecule has 16 heavy (non-hydrogen) atoms. The lowest BCUT2D eigenvalue weighted by Gasteiger charge is -2.13. The highest BCUT2D eigenvalue weighted by molar-refractivity contribution is 7.99. The van der Waals surface area contributed by atoms with E-state index in [2.05, 4.69) is 6.92 Å². The zero-order valence-electron chi connectivity index (χ0n) is 10.1. The largest absolute Gasteiger partial charge is 0.389 e. The van der Waals surface area contributed by atoms with E-state index in [1.165, 1.54) is 6.07 Å². The van der Waals surface area contributed by atoms with Crippen LogP contribution in [0.1, 0.15) is 43.9 Å². The van der Waals surface area contributed by atoms with Crippen LogP contribution in [0.15, 0.2) is 17.0 Å². The second-order valence-corrected chi connectivity index (χ2v) is 5.15. The Morgan fingerprint density at radius 3 is 2.69 bits per heavy atom. The highest BCUT2D eigenvalue weighted by Crippen LogP contribution is 2.30. The molecule has 0 fully saturated rings. The molecule has 0 spiro atoms. The summed E-state index contributed by atoms with van der Waals surface area (Å²) in [5.41, 5.74) is 1.34. The van der Waals surface area contributed by atoms with Gasteiger partial charge in [-0.25, -0.2) is 4.39 Å². The molecule has 1 rings (SSSR count). The average molecular weight is 242 g/mol. The van der Waals surface area contributed by atoms with Gasteiger partial charge < -0.3 is 5.11 Å². The van der Waals surface area contributed by atoms with Crippen LogP contribution in [-0.4, -0.2) is 10.9 Å². The maximum atomic E-state index is 13.4. The van der Waals surface area contributed by atoms with Gasteiger partial charge in [-0.2, -0.15) is 0 Å². The first-order valence-electron chi connectivity index (χ1n) is 5.67. The van der Waals surface area contributed by atoms with Gasteiger partial charge in [-0.15, -0.1) is 11.8 Å². The average Bonchev–Trinajstić information content (AvgIpc) is 2.23. The number of rotatable bonds is 5.